The van der Waals surface area contributed by atoms with Gasteiger partial charge >= 0.3 is 5.97 Å². The molecule has 13 heteroatoms. The molecule has 204 valence electrons. The van der Waals surface area contributed by atoms with Crippen molar-refractivity contribution in [1.29, 1.82) is 0 Å². The first-order chi connectivity index (χ1) is 17.9. The van der Waals surface area contributed by atoms with Crippen LogP contribution >= 0.6 is 11.6 Å². The zero-order chi connectivity index (χ0) is 27.8. The number of nitrogens with zero attached hydrogens (tertiary/aromatic N) is 2. The second-order valence-corrected chi connectivity index (χ2v) is 11.5. The molecular formula is C25H26ClF3N4O4S. The van der Waals surface area contributed by atoms with E-state index >= 15 is 0 Å². The Morgan fingerprint density at radius 3 is 2.45 bits per heavy atom. The third-order valence-corrected chi connectivity index (χ3v) is 7.70. The first-order valence-electron chi connectivity index (χ1n) is 11.8. The smallest absolute Gasteiger partial charge is 0.338 e. The molecule has 2 aliphatic rings. The predicted molar refractivity (Wildman–Crippen MR) is 135 cm³/mol. The summed E-state index contributed by atoms with van der Waals surface area (Å²) >= 11 is 6.17. The average Bonchev–Trinajstić information content (AvgIpc) is 2.86. The van der Waals surface area contributed by atoms with Crippen LogP contribution < -0.4 is 10.0 Å². The van der Waals surface area contributed by atoms with Crippen LogP contribution in [0.2, 0.25) is 5.02 Å². The van der Waals surface area contributed by atoms with Gasteiger partial charge in [0.1, 0.15) is 11.7 Å². The Balaban J connectivity index is 1.84. The van der Waals surface area contributed by atoms with E-state index in [1.807, 2.05) is 0 Å². The van der Waals surface area contributed by atoms with E-state index in [2.05, 4.69) is 20.0 Å². The van der Waals surface area contributed by atoms with Gasteiger partial charge in [0.15, 0.2) is 23.3 Å². The summed E-state index contributed by atoms with van der Waals surface area (Å²) < 4.78 is 74.3. The van der Waals surface area contributed by atoms with Crippen LogP contribution in [0, 0.1) is 30.3 Å². The minimum absolute atomic E-state index is 0.0104. The molecule has 0 bridgehead atoms. The molecule has 2 heterocycles. The number of ether oxygens (including phenoxy) is 1. The minimum Gasteiger partial charge on any atom is -0.466 e. The van der Waals surface area contributed by atoms with E-state index in [0.29, 0.717) is 36.9 Å². The number of esters is 1. The van der Waals surface area contributed by atoms with E-state index in [1.165, 1.54) is 25.4 Å². The number of nitrogens with one attached hydrogen (secondary N) is 2. The number of pyridine rings is 1. The molecule has 1 aromatic heterocycles. The molecule has 38 heavy (non-hydrogen) atoms. The van der Waals surface area contributed by atoms with Crippen LogP contribution in [0.1, 0.15) is 48.5 Å². The fourth-order valence-corrected chi connectivity index (χ4v) is 5.93. The maximum atomic E-state index is 15.0. The van der Waals surface area contributed by atoms with E-state index in [4.69, 9.17) is 16.3 Å². The number of amidine groups is 1. The van der Waals surface area contributed by atoms with Crippen molar-refractivity contribution < 1.29 is 31.1 Å². The van der Waals surface area contributed by atoms with Crippen LogP contribution in [0.25, 0.3) is 0 Å². The number of methoxy groups -OCH3 is 1. The average molecular weight is 571 g/mol. The lowest BCUT2D eigenvalue weighted by Crippen LogP contribution is -2.41. The number of hydrogen-bond acceptors (Lipinski definition) is 7. The molecule has 1 saturated carbocycles. The molecule has 2 N–H and O–H groups in total. The first-order valence-corrected chi connectivity index (χ1v) is 14.1. The molecule has 0 unspecified atom stereocenters. The summed E-state index contributed by atoms with van der Waals surface area (Å²) in [6.07, 6.45) is 4.40. The van der Waals surface area contributed by atoms with E-state index in [-0.39, 0.29) is 34.6 Å². The molecular weight excluding hydrogens is 545 g/mol. The number of hydrogen-bond donors (Lipinski definition) is 2. The van der Waals surface area contributed by atoms with Gasteiger partial charge in [0.2, 0.25) is 10.0 Å². The van der Waals surface area contributed by atoms with E-state index < -0.39 is 44.5 Å². The SMILES string of the molecule is COC(=O)C1=C([C@H]2CC[C@H](NS(C)(=O)=O)CC2)NC(c2ncc(C)cc2F)=N[C@@H]1c1ccc(F)c(F)c1Cl. The van der Waals surface area contributed by atoms with Gasteiger partial charge in [-0.15, -0.1) is 0 Å². The topological polar surface area (TPSA) is 110 Å². The molecule has 2 aromatic rings. The molecule has 0 saturated heterocycles. The van der Waals surface area contributed by atoms with Crippen LogP contribution in [-0.4, -0.2) is 44.6 Å². The maximum Gasteiger partial charge on any atom is 0.338 e. The van der Waals surface area contributed by atoms with Gasteiger partial charge in [-0.05, 0) is 56.2 Å². The monoisotopic (exact) mass is 570 g/mol. The highest BCUT2D eigenvalue weighted by Crippen LogP contribution is 2.41. The molecule has 1 aliphatic carbocycles. The Morgan fingerprint density at radius 2 is 1.84 bits per heavy atom. The summed E-state index contributed by atoms with van der Waals surface area (Å²) in [5, 5.41) is 2.48. The lowest BCUT2D eigenvalue weighted by molar-refractivity contribution is -0.136. The number of benzene rings is 1. The number of rotatable bonds is 6. The van der Waals surface area contributed by atoms with Gasteiger partial charge < -0.3 is 10.1 Å². The van der Waals surface area contributed by atoms with Gasteiger partial charge in [0.25, 0.3) is 0 Å². The number of sulfonamides is 1. The minimum atomic E-state index is -3.41. The van der Waals surface area contributed by atoms with Crippen molar-refractivity contribution in [2.75, 3.05) is 13.4 Å². The van der Waals surface area contributed by atoms with Gasteiger partial charge in [-0.1, -0.05) is 17.7 Å². The summed E-state index contributed by atoms with van der Waals surface area (Å²) in [6, 6.07) is 1.81. The quantitative estimate of drug-likeness (QED) is 0.400. The van der Waals surface area contributed by atoms with Gasteiger partial charge in [-0.3, -0.25) is 4.99 Å². The van der Waals surface area contributed by atoms with Gasteiger partial charge in [-0.25, -0.2) is 36.1 Å². The fraction of sp³-hybridized carbons (Fsp3) is 0.400. The standard InChI is InChI=1S/C25H26ClF3N4O4S/c1-12-10-17(28)23(30-11-12)24-31-21(13-4-6-14(7-5-13)33-38(3,35)36)18(25(34)37-2)22(32-24)15-8-9-16(27)20(29)19(15)26/h8-11,13-14,22,33H,4-7H2,1-3H3,(H,31,32)/t13-,14-,22-/m1/s1. The highest BCUT2D eigenvalue weighted by atomic mass is 35.5. The molecule has 4 rings (SSSR count). The Labute approximate surface area is 223 Å². The Hall–Kier alpha value is -2.96. The predicted octanol–water partition coefficient (Wildman–Crippen LogP) is 4.09. The first kappa shape index (κ1) is 28.1. The normalized spacial score (nSPS) is 22.1. The molecule has 0 radical (unpaired) electrons. The van der Waals surface area contributed by atoms with Crippen LogP contribution in [0.5, 0.6) is 0 Å². The van der Waals surface area contributed by atoms with Gasteiger partial charge in [0, 0.05) is 23.5 Å². The van der Waals surface area contributed by atoms with Crippen molar-refractivity contribution in [1.82, 2.24) is 15.0 Å². The number of allylic oxidation sites excluding steroid dienone is 1. The van der Waals surface area contributed by atoms with Crippen LogP contribution in [0.15, 0.2) is 40.7 Å². The van der Waals surface area contributed by atoms with Crippen LogP contribution in [-0.2, 0) is 19.6 Å². The Kier molecular flexibility index (Phi) is 8.15. The number of aliphatic imine (C=N–C) groups is 1. The molecule has 1 fully saturated rings. The second kappa shape index (κ2) is 11.0. The molecule has 1 aromatic carbocycles. The molecule has 0 spiro atoms. The molecule has 1 aliphatic heterocycles. The van der Waals surface area contributed by atoms with Crippen LogP contribution in [0.4, 0.5) is 13.2 Å². The molecule has 0 amide bonds. The Morgan fingerprint density at radius 1 is 1.16 bits per heavy atom. The second-order valence-electron chi connectivity index (χ2n) is 9.37. The maximum absolute atomic E-state index is 15.0. The van der Waals surface area contributed by atoms with Gasteiger partial charge in [0.05, 0.1) is 24.0 Å². The van der Waals surface area contributed by atoms with Crippen molar-refractivity contribution in [3.8, 4) is 0 Å². The van der Waals surface area contributed by atoms with E-state index in [1.54, 1.807) is 6.92 Å². The fourth-order valence-electron chi connectivity index (χ4n) is 4.83. The lowest BCUT2D eigenvalue weighted by Gasteiger charge is -2.35. The zero-order valence-electron chi connectivity index (χ0n) is 20.8. The van der Waals surface area contributed by atoms with Crippen molar-refractivity contribution >= 4 is 33.4 Å². The summed E-state index contributed by atoms with van der Waals surface area (Å²) in [6.45, 7) is 1.67. The zero-order valence-corrected chi connectivity index (χ0v) is 22.4. The highest BCUT2D eigenvalue weighted by Gasteiger charge is 2.38. The number of carbonyl (C=O) groups is 1. The third-order valence-electron chi connectivity index (χ3n) is 6.56. The van der Waals surface area contributed by atoms with Crippen molar-refractivity contribution in [3.63, 3.8) is 0 Å². The molecule has 1 atom stereocenters. The van der Waals surface area contributed by atoms with E-state index in [0.717, 1.165) is 12.3 Å². The number of halogens is 4. The summed E-state index contributed by atoms with van der Waals surface area (Å²) in [5.74, 6) is -4.27. The van der Waals surface area contributed by atoms with Gasteiger partial charge in [-0.2, -0.15) is 0 Å². The summed E-state index contributed by atoms with van der Waals surface area (Å²) in [4.78, 5) is 21.7. The van der Waals surface area contributed by atoms with Crippen molar-refractivity contribution in [3.05, 3.63) is 75.0 Å². The number of carbonyl (C=O) groups excluding carboxylic acids is 1. The van der Waals surface area contributed by atoms with Crippen LogP contribution in [0.3, 0.4) is 0 Å². The lowest BCUT2D eigenvalue weighted by atomic mass is 9.80. The van der Waals surface area contributed by atoms with E-state index in [9.17, 15) is 26.4 Å². The molecule has 8 nitrogen and oxygen atoms in total. The Bertz CT molecular complexity index is 1440. The number of aromatic nitrogens is 1. The van der Waals surface area contributed by atoms with Crippen molar-refractivity contribution in [2.45, 2.75) is 44.7 Å². The largest absolute Gasteiger partial charge is 0.466 e. The summed E-state index contributed by atoms with van der Waals surface area (Å²) in [7, 11) is -2.24. The third kappa shape index (κ3) is 5.87. The summed E-state index contributed by atoms with van der Waals surface area (Å²) in [5.41, 5.74) is 0.796. The van der Waals surface area contributed by atoms with Crippen molar-refractivity contribution in [2.24, 2.45) is 10.9 Å². The highest BCUT2D eigenvalue weighted by molar-refractivity contribution is 7.88. The number of aryl methyl sites for hydroxylation is 1.